The predicted molar refractivity (Wildman–Crippen MR) is 61.5 cm³/mol. The van der Waals surface area contributed by atoms with Crippen LogP contribution in [-0.2, 0) is 11.2 Å². The van der Waals surface area contributed by atoms with Gasteiger partial charge in [0.1, 0.15) is 5.75 Å². The normalized spacial score (nSPS) is 13.2. The van der Waals surface area contributed by atoms with Gasteiger partial charge in [0.25, 0.3) is 0 Å². The van der Waals surface area contributed by atoms with Gasteiger partial charge in [-0.25, -0.2) is 0 Å². The van der Waals surface area contributed by atoms with Crippen molar-refractivity contribution in [3.63, 3.8) is 0 Å². The molecule has 3 nitrogen and oxygen atoms in total. The molecule has 0 aromatic heterocycles. The topological polar surface area (TPSA) is 46.5 Å². The number of benzene rings is 1. The SMILES string of the molecule is COc1ccc2c(c1)CC(CCC(=O)O)=C2. The molecule has 1 aliphatic rings. The third-order valence-electron chi connectivity index (χ3n) is 2.79. The number of hydrogen-bond acceptors (Lipinski definition) is 2. The maximum atomic E-state index is 10.5. The lowest BCUT2D eigenvalue weighted by atomic mass is 10.1. The van der Waals surface area contributed by atoms with Crippen molar-refractivity contribution in [2.75, 3.05) is 7.11 Å². The van der Waals surface area contributed by atoms with Crippen LogP contribution in [0.4, 0.5) is 0 Å². The largest absolute Gasteiger partial charge is 0.497 e. The second-order valence-corrected chi connectivity index (χ2v) is 3.94. The van der Waals surface area contributed by atoms with Crippen molar-refractivity contribution < 1.29 is 14.6 Å². The molecule has 1 aliphatic carbocycles. The van der Waals surface area contributed by atoms with Crippen molar-refractivity contribution >= 4 is 12.0 Å². The second-order valence-electron chi connectivity index (χ2n) is 3.94. The first-order valence-electron chi connectivity index (χ1n) is 5.27. The van der Waals surface area contributed by atoms with Crippen LogP contribution < -0.4 is 4.74 Å². The lowest BCUT2D eigenvalue weighted by Gasteiger charge is -2.03. The smallest absolute Gasteiger partial charge is 0.303 e. The van der Waals surface area contributed by atoms with Crippen LogP contribution in [0.1, 0.15) is 24.0 Å². The Balaban J connectivity index is 2.08. The number of carboxylic acid groups (broad SMARTS) is 1. The minimum atomic E-state index is -0.741. The highest BCUT2D eigenvalue weighted by molar-refractivity contribution is 5.69. The number of carboxylic acids is 1. The summed E-state index contributed by atoms with van der Waals surface area (Å²) < 4.78 is 5.16. The quantitative estimate of drug-likeness (QED) is 0.844. The molecule has 0 spiro atoms. The van der Waals surface area contributed by atoms with Crippen molar-refractivity contribution in [2.24, 2.45) is 0 Å². The molecule has 0 fully saturated rings. The monoisotopic (exact) mass is 218 g/mol. The first kappa shape index (κ1) is 10.7. The first-order chi connectivity index (χ1) is 7.69. The van der Waals surface area contributed by atoms with Gasteiger partial charge in [-0.2, -0.15) is 0 Å². The molecule has 1 aromatic rings. The summed E-state index contributed by atoms with van der Waals surface area (Å²) in [5, 5.41) is 8.63. The number of ether oxygens (including phenoxy) is 1. The minimum Gasteiger partial charge on any atom is -0.497 e. The summed E-state index contributed by atoms with van der Waals surface area (Å²) in [7, 11) is 1.65. The summed E-state index contributed by atoms with van der Waals surface area (Å²) in [6.45, 7) is 0. The molecule has 0 saturated carbocycles. The summed E-state index contributed by atoms with van der Waals surface area (Å²) in [4.78, 5) is 10.5. The molecule has 2 rings (SSSR count). The Morgan fingerprint density at radius 3 is 3.00 bits per heavy atom. The van der Waals surface area contributed by atoms with E-state index in [1.54, 1.807) is 7.11 Å². The van der Waals surface area contributed by atoms with Gasteiger partial charge in [0.2, 0.25) is 0 Å². The number of fused-ring (bicyclic) bond motifs is 1. The molecule has 1 N–H and O–H groups in total. The first-order valence-corrected chi connectivity index (χ1v) is 5.27. The lowest BCUT2D eigenvalue weighted by Crippen LogP contribution is -1.95. The van der Waals surface area contributed by atoms with Gasteiger partial charge in [0, 0.05) is 6.42 Å². The molecule has 3 heteroatoms. The Hall–Kier alpha value is -1.77. The highest BCUT2D eigenvalue weighted by Crippen LogP contribution is 2.30. The molecular weight excluding hydrogens is 204 g/mol. The van der Waals surface area contributed by atoms with Gasteiger partial charge in [0.05, 0.1) is 7.11 Å². The molecule has 84 valence electrons. The molecule has 0 atom stereocenters. The van der Waals surface area contributed by atoms with E-state index in [0.29, 0.717) is 6.42 Å². The maximum Gasteiger partial charge on any atom is 0.303 e. The number of carbonyl (C=O) groups is 1. The molecule has 0 amide bonds. The van der Waals surface area contributed by atoms with Gasteiger partial charge in [-0.15, -0.1) is 0 Å². The van der Waals surface area contributed by atoms with Crippen LogP contribution in [0.3, 0.4) is 0 Å². The average Bonchev–Trinajstić information content (AvgIpc) is 2.67. The van der Waals surface area contributed by atoms with Crippen LogP contribution in [0.2, 0.25) is 0 Å². The van der Waals surface area contributed by atoms with Crippen LogP contribution in [0.5, 0.6) is 5.75 Å². The van der Waals surface area contributed by atoms with Crippen molar-refractivity contribution in [3.05, 3.63) is 34.9 Å². The van der Waals surface area contributed by atoms with Crippen molar-refractivity contribution in [1.82, 2.24) is 0 Å². The zero-order valence-corrected chi connectivity index (χ0v) is 9.19. The van der Waals surface area contributed by atoms with E-state index in [1.165, 1.54) is 16.7 Å². The Morgan fingerprint density at radius 2 is 2.31 bits per heavy atom. The van der Waals surface area contributed by atoms with Gasteiger partial charge in [-0.05, 0) is 36.1 Å². The van der Waals surface area contributed by atoms with E-state index >= 15 is 0 Å². The summed E-state index contributed by atoms with van der Waals surface area (Å²) in [5.74, 6) is 0.112. The van der Waals surface area contributed by atoms with E-state index in [2.05, 4.69) is 6.08 Å². The van der Waals surface area contributed by atoms with Crippen LogP contribution in [0.15, 0.2) is 23.8 Å². The second kappa shape index (κ2) is 4.39. The number of hydrogen-bond donors (Lipinski definition) is 1. The van der Waals surface area contributed by atoms with Crippen LogP contribution in [-0.4, -0.2) is 18.2 Å². The lowest BCUT2D eigenvalue weighted by molar-refractivity contribution is -0.136. The van der Waals surface area contributed by atoms with Gasteiger partial charge in [-0.1, -0.05) is 17.7 Å². The molecule has 0 heterocycles. The van der Waals surface area contributed by atoms with E-state index in [0.717, 1.165) is 12.2 Å². The molecular formula is C13H14O3. The Bertz CT molecular complexity index is 446. The fourth-order valence-corrected chi connectivity index (χ4v) is 1.95. The summed E-state index contributed by atoms with van der Waals surface area (Å²) in [5.41, 5.74) is 3.59. The molecule has 0 bridgehead atoms. The van der Waals surface area contributed by atoms with Crippen LogP contribution >= 0.6 is 0 Å². The summed E-state index contributed by atoms with van der Waals surface area (Å²) >= 11 is 0. The highest BCUT2D eigenvalue weighted by Gasteiger charge is 2.13. The standard InChI is InChI=1S/C13H14O3/c1-16-12-4-3-10-6-9(2-5-13(14)15)7-11(10)8-12/h3-4,6,8H,2,5,7H2,1H3,(H,14,15). The van der Waals surface area contributed by atoms with E-state index in [4.69, 9.17) is 9.84 Å². The number of allylic oxidation sites excluding steroid dienone is 1. The van der Waals surface area contributed by atoms with Gasteiger partial charge in [0.15, 0.2) is 0 Å². The van der Waals surface area contributed by atoms with Crippen molar-refractivity contribution in [3.8, 4) is 5.75 Å². The molecule has 0 saturated heterocycles. The van der Waals surface area contributed by atoms with Crippen molar-refractivity contribution in [2.45, 2.75) is 19.3 Å². The molecule has 0 radical (unpaired) electrons. The van der Waals surface area contributed by atoms with E-state index in [1.807, 2.05) is 18.2 Å². The van der Waals surface area contributed by atoms with E-state index < -0.39 is 5.97 Å². The average molecular weight is 218 g/mol. The van der Waals surface area contributed by atoms with E-state index in [-0.39, 0.29) is 6.42 Å². The molecule has 0 aliphatic heterocycles. The van der Waals surface area contributed by atoms with Gasteiger partial charge < -0.3 is 9.84 Å². The highest BCUT2D eigenvalue weighted by atomic mass is 16.5. The van der Waals surface area contributed by atoms with Crippen molar-refractivity contribution in [1.29, 1.82) is 0 Å². The zero-order valence-electron chi connectivity index (χ0n) is 9.19. The van der Waals surface area contributed by atoms with Crippen LogP contribution in [0.25, 0.3) is 6.08 Å². The summed E-state index contributed by atoms with van der Waals surface area (Å²) in [6.07, 6.45) is 3.76. The fraction of sp³-hybridized carbons (Fsp3) is 0.308. The Morgan fingerprint density at radius 1 is 1.50 bits per heavy atom. The third-order valence-corrected chi connectivity index (χ3v) is 2.79. The maximum absolute atomic E-state index is 10.5. The molecule has 16 heavy (non-hydrogen) atoms. The predicted octanol–water partition coefficient (Wildman–Crippen LogP) is 2.50. The van der Waals surface area contributed by atoms with Gasteiger partial charge in [-0.3, -0.25) is 4.79 Å². The Kier molecular flexibility index (Phi) is 2.95. The fourth-order valence-electron chi connectivity index (χ4n) is 1.95. The van der Waals surface area contributed by atoms with E-state index in [9.17, 15) is 4.79 Å². The Labute approximate surface area is 94.4 Å². The molecule has 1 aromatic carbocycles. The molecule has 0 unspecified atom stereocenters. The number of rotatable bonds is 4. The number of methoxy groups -OCH3 is 1. The van der Waals surface area contributed by atoms with Gasteiger partial charge >= 0.3 is 5.97 Å². The minimum absolute atomic E-state index is 0.205. The van der Waals surface area contributed by atoms with Crippen LogP contribution in [0, 0.1) is 0 Å². The summed E-state index contributed by atoms with van der Waals surface area (Å²) in [6, 6.07) is 5.96. The number of aliphatic carboxylic acids is 1. The zero-order chi connectivity index (χ0) is 11.5. The third kappa shape index (κ3) is 2.24.